The van der Waals surface area contributed by atoms with Gasteiger partial charge in [0, 0.05) is 18.0 Å². The van der Waals surface area contributed by atoms with E-state index in [0.717, 1.165) is 11.3 Å². The Kier molecular flexibility index (Phi) is 4.99. The molecule has 0 aliphatic carbocycles. The first kappa shape index (κ1) is 12.7. The number of thiophene rings is 1. The smallest absolute Gasteiger partial charge is 0.264 e. The predicted molar refractivity (Wildman–Crippen MR) is 70.0 cm³/mol. The summed E-state index contributed by atoms with van der Waals surface area (Å²) >= 11 is 1.56. The highest BCUT2D eigenvalue weighted by atomic mass is 32.1. The first-order valence-electron chi connectivity index (χ1n) is 5.32. The fourth-order valence-corrected chi connectivity index (χ4v) is 2.31. The SMILES string of the molecule is C=CCN(CC=C)C(=O)c1ccc(CC)s1. The second-order valence-electron chi connectivity index (χ2n) is 3.41. The highest BCUT2D eigenvalue weighted by Crippen LogP contribution is 2.18. The third kappa shape index (κ3) is 3.07. The Balaban J connectivity index is 2.80. The van der Waals surface area contributed by atoms with E-state index in [4.69, 9.17) is 0 Å². The van der Waals surface area contributed by atoms with Gasteiger partial charge in [-0.2, -0.15) is 0 Å². The molecule has 1 rings (SSSR count). The van der Waals surface area contributed by atoms with Gasteiger partial charge in [0.25, 0.3) is 5.91 Å². The summed E-state index contributed by atoms with van der Waals surface area (Å²) in [5.74, 6) is 0.0597. The Morgan fingerprint density at radius 2 is 2.00 bits per heavy atom. The summed E-state index contributed by atoms with van der Waals surface area (Å²) in [4.78, 5) is 15.9. The van der Waals surface area contributed by atoms with Crippen molar-refractivity contribution in [3.05, 3.63) is 47.2 Å². The summed E-state index contributed by atoms with van der Waals surface area (Å²) in [5.41, 5.74) is 0. The van der Waals surface area contributed by atoms with Crippen LogP contribution < -0.4 is 0 Å². The number of hydrogen-bond donors (Lipinski definition) is 0. The van der Waals surface area contributed by atoms with E-state index in [2.05, 4.69) is 20.1 Å². The van der Waals surface area contributed by atoms with Gasteiger partial charge in [0.05, 0.1) is 4.88 Å². The summed E-state index contributed by atoms with van der Waals surface area (Å²) in [5, 5.41) is 0. The molecule has 0 unspecified atom stereocenters. The van der Waals surface area contributed by atoms with Crippen LogP contribution in [-0.2, 0) is 6.42 Å². The minimum absolute atomic E-state index is 0.0597. The van der Waals surface area contributed by atoms with E-state index in [1.165, 1.54) is 4.88 Å². The number of amides is 1. The first-order chi connectivity index (χ1) is 7.72. The summed E-state index contributed by atoms with van der Waals surface area (Å²) in [6.07, 6.45) is 4.44. The molecule has 0 saturated carbocycles. The molecule has 1 amide bonds. The molecule has 0 spiro atoms. The van der Waals surface area contributed by atoms with Gasteiger partial charge >= 0.3 is 0 Å². The van der Waals surface area contributed by atoms with Crippen molar-refractivity contribution < 1.29 is 4.79 Å². The maximum Gasteiger partial charge on any atom is 0.264 e. The summed E-state index contributed by atoms with van der Waals surface area (Å²) in [6, 6.07) is 3.91. The van der Waals surface area contributed by atoms with Crippen LogP contribution in [0.4, 0.5) is 0 Å². The van der Waals surface area contributed by atoms with Crippen LogP contribution in [0.1, 0.15) is 21.5 Å². The molecule has 2 nitrogen and oxygen atoms in total. The summed E-state index contributed by atoms with van der Waals surface area (Å²) in [6.45, 7) is 10.5. The molecule has 86 valence electrons. The molecule has 0 fully saturated rings. The predicted octanol–water partition coefficient (Wildman–Crippen LogP) is 3.12. The fraction of sp³-hybridized carbons (Fsp3) is 0.308. The molecule has 0 radical (unpaired) electrons. The van der Waals surface area contributed by atoms with Crippen molar-refractivity contribution in [2.45, 2.75) is 13.3 Å². The number of carbonyl (C=O) groups is 1. The lowest BCUT2D eigenvalue weighted by molar-refractivity contribution is 0.0795. The molecule has 1 heterocycles. The molecule has 1 aromatic heterocycles. The molecule has 0 N–H and O–H groups in total. The molecule has 0 aliphatic heterocycles. The van der Waals surface area contributed by atoms with Gasteiger partial charge in [-0.05, 0) is 18.6 Å². The average molecular weight is 235 g/mol. The second kappa shape index (κ2) is 6.28. The molecule has 16 heavy (non-hydrogen) atoms. The van der Waals surface area contributed by atoms with Gasteiger partial charge in [-0.3, -0.25) is 4.79 Å². The molecular formula is C13H17NOS. The van der Waals surface area contributed by atoms with Crippen LogP contribution in [0, 0.1) is 0 Å². The van der Waals surface area contributed by atoms with Crippen LogP contribution in [0.3, 0.4) is 0 Å². The average Bonchev–Trinajstić information content (AvgIpc) is 2.76. The molecule has 3 heteroatoms. The number of hydrogen-bond acceptors (Lipinski definition) is 2. The zero-order valence-electron chi connectivity index (χ0n) is 9.61. The van der Waals surface area contributed by atoms with Crippen molar-refractivity contribution in [2.24, 2.45) is 0 Å². The van der Waals surface area contributed by atoms with Crippen LogP contribution in [0.2, 0.25) is 0 Å². The third-order valence-corrected chi connectivity index (χ3v) is 3.42. The zero-order valence-corrected chi connectivity index (χ0v) is 10.4. The Hall–Kier alpha value is -1.35. The maximum absolute atomic E-state index is 12.1. The monoisotopic (exact) mass is 235 g/mol. The standard InChI is InChI=1S/C13H17NOS/c1-4-9-14(10-5-2)13(15)12-8-7-11(6-3)16-12/h4-5,7-8H,1-2,6,9-10H2,3H3. The van der Waals surface area contributed by atoms with E-state index < -0.39 is 0 Å². The molecule has 0 aliphatic rings. The number of rotatable bonds is 6. The van der Waals surface area contributed by atoms with Crippen molar-refractivity contribution in [3.63, 3.8) is 0 Å². The van der Waals surface area contributed by atoms with Crippen LogP contribution in [0.15, 0.2) is 37.4 Å². The van der Waals surface area contributed by atoms with Crippen LogP contribution in [0.5, 0.6) is 0 Å². The van der Waals surface area contributed by atoms with E-state index in [9.17, 15) is 4.79 Å². The number of nitrogens with zero attached hydrogens (tertiary/aromatic N) is 1. The number of carbonyl (C=O) groups excluding carboxylic acids is 1. The van der Waals surface area contributed by atoms with Gasteiger partial charge in [0.2, 0.25) is 0 Å². The van der Waals surface area contributed by atoms with Gasteiger partial charge in [-0.15, -0.1) is 24.5 Å². The van der Waals surface area contributed by atoms with Gasteiger partial charge in [0.1, 0.15) is 0 Å². The summed E-state index contributed by atoms with van der Waals surface area (Å²) < 4.78 is 0. The van der Waals surface area contributed by atoms with Gasteiger partial charge in [0.15, 0.2) is 0 Å². The lowest BCUT2D eigenvalue weighted by atomic mass is 10.3. The normalized spacial score (nSPS) is 9.81. The van der Waals surface area contributed by atoms with Crippen molar-refractivity contribution >= 4 is 17.2 Å². The van der Waals surface area contributed by atoms with Crippen molar-refractivity contribution in [1.82, 2.24) is 4.90 Å². The highest BCUT2D eigenvalue weighted by molar-refractivity contribution is 7.14. The fourth-order valence-electron chi connectivity index (χ4n) is 1.39. The Morgan fingerprint density at radius 1 is 1.38 bits per heavy atom. The van der Waals surface area contributed by atoms with Crippen molar-refractivity contribution in [2.75, 3.05) is 13.1 Å². The maximum atomic E-state index is 12.1. The van der Waals surface area contributed by atoms with Crippen molar-refractivity contribution in [1.29, 1.82) is 0 Å². The van der Waals surface area contributed by atoms with E-state index in [0.29, 0.717) is 13.1 Å². The van der Waals surface area contributed by atoms with Gasteiger partial charge in [-0.25, -0.2) is 0 Å². The molecule has 0 aromatic carbocycles. The lowest BCUT2D eigenvalue weighted by Gasteiger charge is -2.18. The molecule has 0 atom stereocenters. The van der Waals surface area contributed by atoms with Gasteiger partial charge < -0.3 is 4.90 Å². The largest absolute Gasteiger partial charge is 0.331 e. The second-order valence-corrected chi connectivity index (χ2v) is 4.58. The number of aryl methyl sites for hydroxylation is 1. The Morgan fingerprint density at radius 3 is 2.44 bits per heavy atom. The summed E-state index contributed by atoms with van der Waals surface area (Å²) in [7, 11) is 0. The highest BCUT2D eigenvalue weighted by Gasteiger charge is 2.14. The quantitative estimate of drug-likeness (QED) is 0.694. The third-order valence-electron chi connectivity index (χ3n) is 2.21. The molecule has 0 bridgehead atoms. The topological polar surface area (TPSA) is 20.3 Å². The zero-order chi connectivity index (χ0) is 12.0. The van der Waals surface area contributed by atoms with Gasteiger partial charge in [-0.1, -0.05) is 19.1 Å². The van der Waals surface area contributed by atoms with Crippen LogP contribution >= 0.6 is 11.3 Å². The first-order valence-corrected chi connectivity index (χ1v) is 6.14. The molecule has 1 aromatic rings. The minimum atomic E-state index is 0.0597. The van der Waals surface area contributed by atoms with E-state index >= 15 is 0 Å². The Labute approximate surface area is 101 Å². The van der Waals surface area contributed by atoms with Crippen LogP contribution in [-0.4, -0.2) is 23.9 Å². The lowest BCUT2D eigenvalue weighted by Crippen LogP contribution is -2.30. The van der Waals surface area contributed by atoms with E-state index in [1.807, 2.05) is 12.1 Å². The van der Waals surface area contributed by atoms with E-state index in [1.54, 1.807) is 28.4 Å². The van der Waals surface area contributed by atoms with Crippen molar-refractivity contribution in [3.8, 4) is 0 Å². The van der Waals surface area contributed by atoms with Crippen LogP contribution in [0.25, 0.3) is 0 Å². The molecule has 0 saturated heterocycles. The minimum Gasteiger partial charge on any atom is -0.331 e. The van der Waals surface area contributed by atoms with E-state index in [-0.39, 0.29) is 5.91 Å². The molecular weight excluding hydrogens is 218 g/mol. The Bertz CT molecular complexity index is 371.